The van der Waals surface area contributed by atoms with Crippen LogP contribution in [0.1, 0.15) is 55.7 Å². The van der Waals surface area contributed by atoms with Crippen molar-refractivity contribution in [2.75, 3.05) is 158 Å². The Hall–Kier alpha value is -4.27. The van der Waals surface area contributed by atoms with Crippen molar-refractivity contribution in [1.29, 1.82) is 0 Å². The Morgan fingerprint density at radius 1 is 0.679 bits per heavy atom. The number of esters is 1. The smallest absolute Gasteiger partial charge is 0.313 e. The maximum absolute atomic E-state index is 13.9. The molecular weight excluding hydrogens is 1080 g/mol. The molecule has 0 saturated carbocycles. The molecule has 0 unspecified atom stereocenters. The third-order valence-electron chi connectivity index (χ3n) is 11.8. The van der Waals surface area contributed by atoms with Crippen LogP contribution in [0.2, 0.25) is 0 Å². The number of carbonyl (C=O) groups is 3. The Morgan fingerprint density at radius 2 is 1.15 bits per heavy atom. The van der Waals surface area contributed by atoms with Crippen molar-refractivity contribution >= 4 is 57.4 Å². The summed E-state index contributed by atoms with van der Waals surface area (Å²) in [7, 11) is -3.98. The summed E-state index contributed by atoms with van der Waals surface area (Å²) in [6, 6.07) is 2.53. The lowest BCUT2D eigenvalue weighted by Crippen LogP contribution is -2.48. The van der Waals surface area contributed by atoms with Gasteiger partial charge in [-0.3, -0.25) is 24.1 Å². The van der Waals surface area contributed by atoms with E-state index in [0.717, 1.165) is 41.4 Å². The average molecular weight is 1160 g/mol. The van der Waals surface area contributed by atoms with Crippen LogP contribution in [0, 0.1) is 23.3 Å². The van der Waals surface area contributed by atoms with Crippen molar-refractivity contribution in [1.82, 2.24) is 14.9 Å². The van der Waals surface area contributed by atoms with E-state index in [1.54, 1.807) is 11.3 Å². The number of hydrogen-bond acceptors (Lipinski definition) is 21. The van der Waals surface area contributed by atoms with Crippen LogP contribution in [0.4, 0.5) is 23.2 Å². The van der Waals surface area contributed by atoms with Gasteiger partial charge in [0, 0.05) is 55.1 Å². The van der Waals surface area contributed by atoms with Crippen LogP contribution >= 0.6 is 11.3 Å². The SMILES string of the molecule is CCCN(OCC)C(=O)C1=Cc2sc(CN3C[C@H]4C[C@@H]3CN4C(=O)CCOCCOCCOCCOCCOCCOCCOCCOCCOCCOCCC(=O)Oc3c(F)c(F)c([SH](=O)=O)c(F)c3F)cc2N=C(N)C1. The summed E-state index contributed by atoms with van der Waals surface area (Å²) in [6.07, 6.45) is 3.69. The lowest BCUT2D eigenvalue weighted by atomic mass is 10.1. The number of aliphatic imine (C=N–C) groups is 1. The van der Waals surface area contributed by atoms with E-state index < -0.39 is 57.0 Å². The molecule has 440 valence electrons. The van der Waals surface area contributed by atoms with Gasteiger partial charge in [-0.05, 0) is 31.9 Å². The van der Waals surface area contributed by atoms with Gasteiger partial charge in [0.2, 0.25) is 23.3 Å². The number of amides is 2. The number of hydrogen-bond donors (Lipinski definition) is 2. The highest BCUT2D eigenvalue weighted by Gasteiger charge is 2.45. The first kappa shape index (κ1) is 64.5. The van der Waals surface area contributed by atoms with Gasteiger partial charge >= 0.3 is 5.97 Å². The fourth-order valence-corrected chi connectivity index (χ4v) is 9.81. The number of carbonyl (C=O) groups excluding carboxylic acids is 3. The number of amidine groups is 1. The van der Waals surface area contributed by atoms with Gasteiger partial charge < -0.3 is 62.7 Å². The van der Waals surface area contributed by atoms with Crippen LogP contribution in [-0.2, 0) is 83.8 Å². The Kier molecular flexibility index (Phi) is 29.9. The second kappa shape index (κ2) is 36.2. The third-order valence-corrected chi connectivity index (χ3v) is 13.6. The van der Waals surface area contributed by atoms with Crippen LogP contribution < -0.4 is 10.5 Å². The molecule has 2 saturated heterocycles. The first-order valence-electron chi connectivity index (χ1n) is 26.0. The number of benzene rings is 1. The summed E-state index contributed by atoms with van der Waals surface area (Å²) < 4.78 is 136. The zero-order valence-electron chi connectivity index (χ0n) is 44.2. The van der Waals surface area contributed by atoms with Crippen LogP contribution in [0.5, 0.6) is 5.75 Å². The van der Waals surface area contributed by atoms with E-state index in [2.05, 4.69) is 20.7 Å². The van der Waals surface area contributed by atoms with E-state index in [9.17, 15) is 40.4 Å². The van der Waals surface area contributed by atoms with Crippen molar-refractivity contribution in [3.63, 3.8) is 0 Å². The van der Waals surface area contributed by atoms with Crippen LogP contribution in [0.25, 0.3) is 6.08 Å². The zero-order chi connectivity index (χ0) is 56.1. The van der Waals surface area contributed by atoms with E-state index in [1.807, 2.05) is 24.8 Å². The molecule has 22 nitrogen and oxygen atoms in total. The van der Waals surface area contributed by atoms with Gasteiger partial charge in [0.15, 0.2) is 22.3 Å². The predicted octanol–water partition coefficient (Wildman–Crippen LogP) is 3.58. The number of halogens is 4. The maximum Gasteiger partial charge on any atom is 0.313 e. The lowest BCUT2D eigenvalue weighted by Gasteiger charge is -2.34. The summed E-state index contributed by atoms with van der Waals surface area (Å²) in [5.41, 5.74) is 7.58. The molecule has 0 aliphatic carbocycles. The molecule has 3 aliphatic rings. The Bertz CT molecular complexity index is 2290. The molecule has 2 N–H and O–H groups in total. The first-order valence-corrected chi connectivity index (χ1v) is 27.9. The molecule has 2 bridgehead atoms. The topological polar surface area (TPSA) is 244 Å². The quantitative estimate of drug-likeness (QED) is 0.0184. The normalized spacial score (nSPS) is 16.2. The molecule has 0 radical (unpaired) electrons. The molecule has 1 aromatic heterocycles. The molecule has 2 fully saturated rings. The number of nitrogens with zero attached hydrogens (tertiary/aromatic N) is 4. The summed E-state index contributed by atoms with van der Waals surface area (Å²) in [6.45, 7) is 13.3. The number of likely N-dealkylation sites (tertiary alicyclic amines) is 2. The van der Waals surface area contributed by atoms with E-state index in [4.69, 9.17) is 57.9 Å². The van der Waals surface area contributed by atoms with E-state index in [-0.39, 0.29) is 63.4 Å². The third kappa shape index (κ3) is 21.7. The highest BCUT2D eigenvalue weighted by Crippen LogP contribution is 2.38. The van der Waals surface area contributed by atoms with Crippen LogP contribution in [0.3, 0.4) is 0 Å². The lowest BCUT2D eigenvalue weighted by molar-refractivity contribution is -0.180. The highest BCUT2D eigenvalue weighted by molar-refractivity contribution is 7.72. The minimum absolute atomic E-state index is 0.0495. The van der Waals surface area contributed by atoms with Gasteiger partial charge in [-0.1, -0.05) is 6.92 Å². The minimum atomic E-state index is -3.98. The number of rotatable bonds is 42. The number of hydroxylamine groups is 2. The number of fused-ring (bicyclic) bond motifs is 3. The molecular formula is C50H73F4N5O17S2. The molecule has 78 heavy (non-hydrogen) atoms. The number of piperazine rings is 1. The van der Waals surface area contributed by atoms with Gasteiger partial charge in [0.25, 0.3) is 5.91 Å². The van der Waals surface area contributed by atoms with Gasteiger partial charge in [-0.2, -0.15) is 8.78 Å². The fourth-order valence-electron chi connectivity index (χ4n) is 8.20. The fraction of sp³-hybridized carbons (Fsp3) is 0.680. The summed E-state index contributed by atoms with van der Waals surface area (Å²) in [5.74, 6) is -11.3. The first-order chi connectivity index (χ1) is 37.8. The molecule has 28 heteroatoms. The van der Waals surface area contributed by atoms with Crippen molar-refractivity contribution in [2.45, 2.75) is 69.5 Å². The zero-order valence-corrected chi connectivity index (χ0v) is 45.9. The van der Waals surface area contributed by atoms with E-state index in [0.29, 0.717) is 137 Å². The molecule has 2 amide bonds. The Labute approximate surface area is 457 Å². The number of thiophene rings is 1. The van der Waals surface area contributed by atoms with Crippen LogP contribution in [-0.4, -0.2) is 217 Å². The molecule has 5 rings (SSSR count). The number of thiol groups is 1. The average Bonchev–Trinajstić information content (AvgIpc) is 4.13. The molecule has 0 spiro atoms. The Balaban J connectivity index is 0.730. The largest absolute Gasteiger partial charge is 0.420 e. The van der Waals surface area contributed by atoms with Gasteiger partial charge in [0.1, 0.15) is 10.7 Å². The monoisotopic (exact) mass is 1160 g/mol. The van der Waals surface area contributed by atoms with Gasteiger partial charge in [-0.25, -0.2) is 27.3 Å². The number of ether oxygens (including phenoxy) is 11. The molecule has 2 atom stereocenters. The van der Waals surface area contributed by atoms with Crippen molar-refractivity contribution in [3.8, 4) is 5.75 Å². The maximum atomic E-state index is 13.9. The summed E-state index contributed by atoms with van der Waals surface area (Å²) in [5, 5.41) is 1.41. The summed E-state index contributed by atoms with van der Waals surface area (Å²) in [4.78, 5) is 53.0. The summed E-state index contributed by atoms with van der Waals surface area (Å²) >= 11 is 1.62. The van der Waals surface area contributed by atoms with E-state index in [1.165, 1.54) is 5.06 Å². The Morgan fingerprint density at radius 3 is 1.59 bits per heavy atom. The standard InChI is InChI=1S/C50H73F4N5O17S2/c1-3-7-59(75-4-2)50(62)35-28-40-39(56-41(55)29-35)31-38(77-40)34-57-32-37-30-36(57)33-58(37)42(60)5-8-65-10-12-67-14-16-69-18-20-71-22-24-73-26-27-74-25-23-72-21-19-70-17-15-68-13-11-66-9-6-43(61)76-48-44(51)46(53)49(78(63)64)47(54)45(48)52/h28,31,36-37,78H,3-27,29-30,32-34H2,1-2H3,(H2,55,56)/t36-,37-/m1/s1. The molecule has 1 aromatic carbocycles. The molecule has 3 aliphatic heterocycles. The number of nitrogens with two attached hydrogens (primary N) is 1. The van der Waals surface area contributed by atoms with E-state index >= 15 is 0 Å². The van der Waals surface area contributed by atoms with Crippen LogP contribution in [0.15, 0.2) is 21.5 Å². The van der Waals surface area contributed by atoms with Gasteiger partial charge in [0.05, 0.1) is 162 Å². The predicted molar refractivity (Wildman–Crippen MR) is 274 cm³/mol. The molecule has 2 aromatic rings. The molecule has 4 heterocycles. The van der Waals surface area contributed by atoms with Crippen molar-refractivity contribution < 1.29 is 97.3 Å². The minimum Gasteiger partial charge on any atom is -0.420 e. The second-order valence-corrected chi connectivity index (χ2v) is 19.7. The second-order valence-electron chi connectivity index (χ2n) is 17.5. The van der Waals surface area contributed by atoms with Gasteiger partial charge in [-0.15, -0.1) is 11.3 Å². The highest BCUT2D eigenvalue weighted by atomic mass is 32.2. The van der Waals surface area contributed by atoms with Crippen molar-refractivity contribution in [3.05, 3.63) is 44.7 Å². The van der Waals surface area contributed by atoms with Crippen molar-refractivity contribution in [2.24, 2.45) is 10.7 Å².